The van der Waals surface area contributed by atoms with Crippen LogP contribution >= 0.6 is 18.9 Å². The van der Waals surface area contributed by atoms with Gasteiger partial charge < -0.3 is 23.7 Å². The van der Waals surface area contributed by atoms with Crippen LogP contribution in [-0.2, 0) is 23.1 Å². The predicted molar refractivity (Wildman–Crippen MR) is 138 cm³/mol. The van der Waals surface area contributed by atoms with Gasteiger partial charge in [-0.15, -0.1) is 0 Å². The van der Waals surface area contributed by atoms with E-state index in [1.165, 1.54) is 0 Å². The van der Waals surface area contributed by atoms with Gasteiger partial charge in [-0.3, -0.25) is 9.69 Å². The van der Waals surface area contributed by atoms with Crippen LogP contribution in [0.15, 0.2) is 11.3 Å². The molecule has 0 bridgehead atoms. The Kier molecular flexibility index (Phi) is 9.18. The molecule has 7 atom stereocenters. The number of hydrogen-bond donors (Lipinski definition) is 1. The molecule has 3 heterocycles. The van der Waals surface area contributed by atoms with Gasteiger partial charge in [-0.25, -0.2) is 9.59 Å². The fourth-order valence-electron chi connectivity index (χ4n) is 5.89. The number of nitrogens with one attached hydrogen (secondary N) is 1. The smallest absolute Gasteiger partial charge is 0.409 e. The lowest BCUT2D eigenvalue weighted by atomic mass is 9.77. The third-order valence-electron chi connectivity index (χ3n) is 8.07. The number of likely N-dealkylation sites (tertiary alicyclic amines) is 1. The molecule has 3 aliphatic heterocycles. The van der Waals surface area contributed by atoms with Crippen LogP contribution in [-0.4, -0.2) is 73.9 Å². The van der Waals surface area contributed by atoms with Gasteiger partial charge in [-0.1, -0.05) is 27.7 Å². The fraction of sp³-hybridized carbons (Fsp3) is 0.773. The molecule has 1 N–H and O–H groups in total. The minimum atomic E-state index is -1.87. The summed E-state index contributed by atoms with van der Waals surface area (Å²) in [6.07, 6.45) is 0.131. The molecule has 9 nitrogen and oxygen atoms in total. The quantitative estimate of drug-likeness (QED) is 0.263. The molecule has 12 heteroatoms. The van der Waals surface area contributed by atoms with Crippen LogP contribution in [0, 0.1) is 11.8 Å². The number of amides is 2. The van der Waals surface area contributed by atoms with Crippen molar-refractivity contribution < 1.29 is 27.9 Å². The van der Waals surface area contributed by atoms with Gasteiger partial charge in [0.25, 0.3) is 0 Å². The Hall–Kier alpha value is -1.05. The summed E-state index contributed by atoms with van der Waals surface area (Å²) in [6, 6.07) is 2.96. The standard InChI is InChI=1S/C22H39N3O6P2Si/c1-6-34(7-2,8-3)31-14(5)17-18-13(4)16(19(21(27)29-32)25(18)20(17)26)12-24-10-9-15(11-24)23-22(28)30-33/h13-15,17-18H,6-12,32-33H2,1-5H3,(H,23,28)/t13-,14+,15-,17?,18+/m0/s1. The molecule has 0 aromatic heterocycles. The monoisotopic (exact) mass is 531 g/mol. The lowest BCUT2D eigenvalue weighted by Crippen LogP contribution is -2.65. The zero-order valence-corrected chi connectivity index (χ0v) is 24.1. The largest absolute Gasteiger partial charge is 0.447 e. The molecule has 3 unspecified atom stereocenters. The molecular formula is C22H39N3O6P2Si. The van der Waals surface area contributed by atoms with Crippen LogP contribution in [0.25, 0.3) is 0 Å². The van der Waals surface area contributed by atoms with Crippen LogP contribution < -0.4 is 5.32 Å². The Bertz CT molecular complexity index is 831. The second-order valence-electron chi connectivity index (χ2n) is 9.63. The zero-order valence-electron chi connectivity index (χ0n) is 20.8. The highest BCUT2D eigenvalue weighted by molar-refractivity contribution is 7.11. The number of hydrogen-bond acceptors (Lipinski definition) is 7. The fourth-order valence-corrected chi connectivity index (χ4v) is 9.00. The second kappa shape index (κ2) is 11.3. The van der Waals surface area contributed by atoms with E-state index in [1.807, 2.05) is 25.9 Å². The van der Waals surface area contributed by atoms with Gasteiger partial charge in [0.15, 0.2) is 8.32 Å². The van der Waals surface area contributed by atoms with E-state index in [2.05, 4.69) is 42.4 Å². The SMILES string of the molecule is CC[Si](CC)(CC)O[C@H](C)C1C(=O)N2C(C(=O)OP)=C(CN3CC[C@H](NC(=O)OP)C3)[C@H](C)[C@H]12. The third-order valence-corrected chi connectivity index (χ3v) is 13.2. The first-order valence-electron chi connectivity index (χ1n) is 12.2. The lowest BCUT2D eigenvalue weighted by Gasteiger charge is -2.49. The van der Waals surface area contributed by atoms with E-state index in [0.717, 1.165) is 36.7 Å². The molecular weight excluding hydrogens is 492 g/mol. The van der Waals surface area contributed by atoms with Crippen LogP contribution in [0.2, 0.25) is 18.1 Å². The van der Waals surface area contributed by atoms with Crippen molar-refractivity contribution in [2.24, 2.45) is 11.8 Å². The molecule has 0 radical (unpaired) electrons. The molecule has 192 valence electrons. The number of rotatable bonds is 10. The summed E-state index contributed by atoms with van der Waals surface area (Å²) in [7, 11) is 2.08. The summed E-state index contributed by atoms with van der Waals surface area (Å²) in [5.41, 5.74) is 1.28. The van der Waals surface area contributed by atoms with E-state index in [-0.39, 0.29) is 35.9 Å². The normalized spacial score (nSPS) is 28.0. The van der Waals surface area contributed by atoms with Crippen molar-refractivity contribution in [3.05, 3.63) is 11.3 Å². The summed E-state index contributed by atoms with van der Waals surface area (Å²) in [5, 5.41) is 2.83. The molecule has 2 saturated heterocycles. The topological polar surface area (TPSA) is 97.4 Å². The first-order valence-corrected chi connectivity index (χ1v) is 15.7. The number of β-lactam (4-membered cyclic amide) rings is 1. The van der Waals surface area contributed by atoms with Gasteiger partial charge in [-0.05, 0) is 37.0 Å². The third kappa shape index (κ3) is 5.08. The minimum absolute atomic E-state index is 0.0119. The van der Waals surface area contributed by atoms with Gasteiger partial charge >= 0.3 is 12.1 Å². The molecule has 0 aromatic carbocycles. The maximum absolute atomic E-state index is 13.3. The van der Waals surface area contributed by atoms with Gasteiger partial charge in [0.2, 0.25) is 5.91 Å². The Morgan fingerprint density at radius 3 is 2.38 bits per heavy atom. The first kappa shape index (κ1) is 27.5. The van der Waals surface area contributed by atoms with Crippen LogP contribution in [0.3, 0.4) is 0 Å². The van der Waals surface area contributed by atoms with Crippen molar-refractivity contribution in [2.45, 2.75) is 77.4 Å². The number of carbonyl (C=O) groups is 3. The molecule has 0 aliphatic carbocycles. The van der Waals surface area contributed by atoms with E-state index in [0.29, 0.717) is 18.8 Å². The van der Waals surface area contributed by atoms with E-state index in [4.69, 9.17) is 8.95 Å². The van der Waals surface area contributed by atoms with Crippen molar-refractivity contribution in [1.82, 2.24) is 15.1 Å². The highest BCUT2D eigenvalue weighted by atomic mass is 31.0. The van der Waals surface area contributed by atoms with E-state index in [1.54, 1.807) is 4.90 Å². The van der Waals surface area contributed by atoms with Crippen molar-refractivity contribution >= 4 is 45.2 Å². The Balaban J connectivity index is 1.77. The molecule has 0 saturated carbocycles. The summed E-state index contributed by atoms with van der Waals surface area (Å²) < 4.78 is 16.3. The van der Waals surface area contributed by atoms with Crippen molar-refractivity contribution in [1.29, 1.82) is 0 Å². The Morgan fingerprint density at radius 1 is 1.18 bits per heavy atom. The molecule has 2 fully saturated rings. The van der Waals surface area contributed by atoms with E-state index < -0.39 is 20.4 Å². The van der Waals surface area contributed by atoms with Crippen LogP contribution in [0.5, 0.6) is 0 Å². The predicted octanol–water partition coefficient (Wildman–Crippen LogP) is 3.05. The number of fused-ring (bicyclic) bond motifs is 1. The van der Waals surface area contributed by atoms with Crippen molar-refractivity contribution in [3.63, 3.8) is 0 Å². The van der Waals surface area contributed by atoms with E-state index >= 15 is 0 Å². The maximum atomic E-state index is 13.3. The molecule has 0 spiro atoms. The summed E-state index contributed by atoms with van der Waals surface area (Å²) in [4.78, 5) is 41.5. The van der Waals surface area contributed by atoms with Gasteiger partial charge in [0.1, 0.15) is 5.70 Å². The van der Waals surface area contributed by atoms with E-state index in [9.17, 15) is 14.4 Å². The molecule has 3 aliphatic rings. The average Bonchev–Trinajstić information content (AvgIpc) is 3.37. The van der Waals surface area contributed by atoms with Crippen LogP contribution in [0.1, 0.15) is 41.0 Å². The van der Waals surface area contributed by atoms with Gasteiger partial charge in [-0.2, -0.15) is 0 Å². The summed E-state index contributed by atoms with van der Waals surface area (Å²) in [6.45, 7) is 12.6. The maximum Gasteiger partial charge on any atom is 0.409 e. The average molecular weight is 532 g/mol. The number of carbonyl (C=O) groups excluding carboxylic acids is 3. The summed E-state index contributed by atoms with van der Waals surface area (Å²) in [5.74, 6) is -0.811. The Morgan fingerprint density at radius 2 is 1.82 bits per heavy atom. The highest BCUT2D eigenvalue weighted by Crippen LogP contribution is 2.49. The molecule has 0 aromatic rings. The second-order valence-corrected chi connectivity index (χ2v) is 14.8. The number of nitrogens with zero attached hydrogens (tertiary/aromatic N) is 2. The molecule has 2 amide bonds. The Labute approximate surface area is 208 Å². The van der Waals surface area contributed by atoms with Crippen LogP contribution in [0.4, 0.5) is 4.79 Å². The molecule has 3 rings (SSSR count). The first-order chi connectivity index (χ1) is 16.2. The van der Waals surface area contributed by atoms with Gasteiger partial charge in [0, 0.05) is 31.6 Å². The highest BCUT2D eigenvalue weighted by Gasteiger charge is 2.61. The minimum Gasteiger partial charge on any atom is -0.447 e. The van der Waals surface area contributed by atoms with Gasteiger partial charge in [0.05, 0.1) is 37.0 Å². The molecule has 34 heavy (non-hydrogen) atoms. The lowest BCUT2D eigenvalue weighted by molar-refractivity contribution is -0.161. The summed E-state index contributed by atoms with van der Waals surface area (Å²) >= 11 is 0. The van der Waals surface area contributed by atoms with Crippen molar-refractivity contribution in [2.75, 3.05) is 19.6 Å². The van der Waals surface area contributed by atoms with Crippen molar-refractivity contribution in [3.8, 4) is 0 Å². The zero-order chi connectivity index (χ0) is 25.2.